The molecule has 3 heteroatoms. The van der Waals surface area contributed by atoms with Gasteiger partial charge in [0.15, 0.2) is 11.4 Å². The number of aromatic nitrogens is 2. The Kier molecular flexibility index (Phi) is 7.21. The third-order valence-electron chi connectivity index (χ3n) is 13.7. The van der Waals surface area contributed by atoms with Gasteiger partial charge in [0.05, 0.1) is 0 Å². The van der Waals surface area contributed by atoms with Crippen molar-refractivity contribution in [2.75, 3.05) is 0 Å². The topological polar surface area (TPSA) is 38.9 Å². The van der Waals surface area contributed by atoms with Gasteiger partial charge in [-0.05, 0) is 122 Å². The van der Waals surface area contributed by atoms with Crippen LogP contribution in [0.15, 0.2) is 162 Å². The molecule has 0 N–H and O–H groups in total. The second kappa shape index (κ2) is 12.5. The van der Waals surface area contributed by atoms with Gasteiger partial charge in [0.2, 0.25) is 0 Å². The third kappa shape index (κ3) is 4.86. The fraction of sp³-hybridized carbons (Fsp3) is 0.164. The number of benzene rings is 7. The highest BCUT2D eigenvalue weighted by Crippen LogP contribution is 2.60. The standard InChI is InChI=1S/C55H42N2O/c1-54(2)45-23-9-7-21-40(45)43-33-48-44(32-46(43)54)41-26-25-38(31-47(41)55(48)27-11-4-12-28-55)36-18-13-17-35(29-36)37-19-14-20-39(30-37)50-52-51(42-22-8-10-24-49(42)58-52)57-53(56-50)34-15-5-3-6-16-34/h3,5-10,13-26,29-33H,4,11-12,27-28H2,1-2H3. The molecule has 0 bridgehead atoms. The lowest BCUT2D eigenvalue weighted by atomic mass is 9.67. The smallest absolute Gasteiger partial charge is 0.180 e. The molecule has 7 aromatic carbocycles. The molecule has 0 aliphatic heterocycles. The minimum absolute atomic E-state index is 0.0170. The lowest BCUT2D eigenvalue weighted by Crippen LogP contribution is -2.28. The van der Waals surface area contributed by atoms with Crippen LogP contribution in [0, 0.1) is 0 Å². The first-order valence-corrected chi connectivity index (χ1v) is 20.9. The molecule has 1 fully saturated rings. The van der Waals surface area contributed by atoms with Gasteiger partial charge in [-0.2, -0.15) is 0 Å². The summed E-state index contributed by atoms with van der Waals surface area (Å²) in [5.74, 6) is 0.690. The molecule has 3 aliphatic carbocycles. The summed E-state index contributed by atoms with van der Waals surface area (Å²) in [5.41, 5.74) is 21.7. The summed E-state index contributed by atoms with van der Waals surface area (Å²) in [6.45, 7) is 4.80. The fourth-order valence-corrected chi connectivity index (χ4v) is 10.8. The average molecular weight is 747 g/mol. The molecule has 2 heterocycles. The lowest BCUT2D eigenvalue weighted by Gasteiger charge is -2.36. The lowest BCUT2D eigenvalue weighted by molar-refractivity contribution is 0.353. The first-order chi connectivity index (χ1) is 28.5. The molecule has 278 valence electrons. The minimum atomic E-state index is -0.0170. The molecule has 12 rings (SSSR count). The van der Waals surface area contributed by atoms with Crippen molar-refractivity contribution in [3.8, 4) is 67.2 Å². The summed E-state index contributed by atoms with van der Waals surface area (Å²) in [5, 5.41) is 0.993. The van der Waals surface area contributed by atoms with E-state index in [1.54, 1.807) is 5.56 Å². The molecule has 0 unspecified atom stereocenters. The molecule has 58 heavy (non-hydrogen) atoms. The summed E-state index contributed by atoms with van der Waals surface area (Å²) in [4.78, 5) is 10.2. The van der Waals surface area contributed by atoms with Crippen molar-refractivity contribution in [1.82, 2.24) is 9.97 Å². The van der Waals surface area contributed by atoms with Gasteiger partial charge in [-0.3, -0.25) is 0 Å². The summed E-state index contributed by atoms with van der Waals surface area (Å²) in [6, 6.07) is 57.7. The SMILES string of the molecule is CC1(C)c2ccccc2-c2cc3c(cc21)-c1ccc(-c2cccc(-c4cccc(-c5nc(-c6ccccc6)nc6c5oc5ccccc56)c4)c2)cc1C31CCCCC1. The summed E-state index contributed by atoms with van der Waals surface area (Å²) in [7, 11) is 0. The number of rotatable bonds is 4. The maximum absolute atomic E-state index is 6.48. The van der Waals surface area contributed by atoms with E-state index in [4.69, 9.17) is 14.4 Å². The first-order valence-electron chi connectivity index (χ1n) is 20.9. The van der Waals surface area contributed by atoms with Gasteiger partial charge in [0.25, 0.3) is 0 Å². The predicted octanol–water partition coefficient (Wildman–Crippen LogP) is 14.6. The van der Waals surface area contributed by atoms with E-state index < -0.39 is 0 Å². The average Bonchev–Trinajstić information content (AvgIpc) is 3.86. The normalized spacial score (nSPS) is 15.7. The zero-order valence-corrected chi connectivity index (χ0v) is 32.8. The molecule has 3 nitrogen and oxygen atoms in total. The Labute approximate surface area is 339 Å². The van der Waals surface area contributed by atoms with E-state index in [2.05, 4.69) is 135 Å². The molecule has 1 spiro atoms. The number of hydrogen-bond acceptors (Lipinski definition) is 3. The van der Waals surface area contributed by atoms with Gasteiger partial charge in [-0.1, -0.05) is 148 Å². The van der Waals surface area contributed by atoms with Gasteiger partial charge in [-0.25, -0.2) is 9.97 Å². The molecule has 0 saturated heterocycles. The second-order valence-corrected chi connectivity index (χ2v) is 17.2. The Morgan fingerprint density at radius 2 is 1.05 bits per heavy atom. The van der Waals surface area contributed by atoms with Crippen LogP contribution in [0.4, 0.5) is 0 Å². The zero-order chi connectivity index (χ0) is 38.6. The number of fused-ring (bicyclic) bond motifs is 11. The van der Waals surface area contributed by atoms with Crippen LogP contribution in [0.5, 0.6) is 0 Å². The van der Waals surface area contributed by atoms with Gasteiger partial charge >= 0.3 is 0 Å². The Bertz CT molecular complexity index is 3130. The van der Waals surface area contributed by atoms with Crippen LogP contribution in [0.2, 0.25) is 0 Å². The van der Waals surface area contributed by atoms with Crippen LogP contribution < -0.4 is 0 Å². The summed E-state index contributed by atoms with van der Waals surface area (Å²) >= 11 is 0. The Morgan fingerprint density at radius 3 is 1.86 bits per heavy atom. The Hall–Kier alpha value is -6.58. The van der Waals surface area contributed by atoms with E-state index in [0.29, 0.717) is 11.4 Å². The van der Waals surface area contributed by atoms with Crippen LogP contribution >= 0.6 is 0 Å². The van der Waals surface area contributed by atoms with Gasteiger partial charge in [-0.15, -0.1) is 0 Å². The maximum atomic E-state index is 6.48. The minimum Gasteiger partial charge on any atom is -0.452 e. The molecular weight excluding hydrogens is 705 g/mol. The molecular formula is C55H42N2O. The van der Waals surface area contributed by atoms with E-state index in [0.717, 1.165) is 38.9 Å². The molecule has 3 aliphatic rings. The predicted molar refractivity (Wildman–Crippen MR) is 238 cm³/mol. The number of furan rings is 1. The summed E-state index contributed by atoms with van der Waals surface area (Å²) < 4.78 is 6.48. The second-order valence-electron chi connectivity index (χ2n) is 17.2. The quantitative estimate of drug-likeness (QED) is 0.180. The molecule has 0 atom stereocenters. The fourth-order valence-electron chi connectivity index (χ4n) is 10.8. The monoisotopic (exact) mass is 746 g/mol. The number of nitrogens with zero attached hydrogens (tertiary/aromatic N) is 2. The van der Waals surface area contributed by atoms with E-state index in [1.807, 2.05) is 36.4 Å². The van der Waals surface area contributed by atoms with Crippen LogP contribution in [-0.2, 0) is 10.8 Å². The summed E-state index contributed by atoms with van der Waals surface area (Å²) in [6.07, 6.45) is 6.28. The van der Waals surface area contributed by atoms with Crippen molar-refractivity contribution in [3.63, 3.8) is 0 Å². The Morgan fingerprint density at radius 1 is 0.448 bits per heavy atom. The van der Waals surface area contributed by atoms with E-state index in [-0.39, 0.29) is 10.8 Å². The van der Waals surface area contributed by atoms with E-state index >= 15 is 0 Å². The number of para-hydroxylation sites is 1. The number of hydrogen-bond donors (Lipinski definition) is 0. The van der Waals surface area contributed by atoms with Gasteiger partial charge < -0.3 is 4.42 Å². The third-order valence-corrected chi connectivity index (χ3v) is 13.7. The molecule has 1 saturated carbocycles. The van der Waals surface area contributed by atoms with Crippen LogP contribution in [-0.4, -0.2) is 9.97 Å². The van der Waals surface area contributed by atoms with Gasteiger partial charge in [0, 0.05) is 27.3 Å². The van der Waals surface area contributed by atoms with E-state index in [9.17, 15) is 0 Å². The van der Waals surface area contributed by atoms with Gasteiger partial charge in [0.1, 0.15) is 16.8 Å². The van der Waals surface area contributed by atoms with E-state index in [1.165, 1.54) is 87.7 Å². The maximum Gasteiger partial charge on any atom is 0.180 e. The molecule has 0 amide bonds. The van der Waals surface area contributed by atoms with Crippen LogP contribution in [0.25, 0.3) is 89.2 Å². The van der Waals surface area contributed by atoms with Crippen molar-refractivity contribution in [1.29, 1.82) is 0 Å². The molecule has 2 aromatic heterocycles. The first kappa shape index (κ1) is 33.5. The van der Waals surface area contributed by atoms with Crippen molar-refractivity contribution < 1.29 is 4.42 Å². The van der Waals surface area contributed by atoms with Crippen LogP contribution in [0.3, 0.4) is 0 Å². The largest absolute Gasteiger partial charge is 0.452 e. The van der Waals surface area contributed by atoms with Crippen molar-refractivity contribution >= 4 is 22.1 Å². The molecule has 0 radical (unpaired) electrons. The van der Waals surface area contributed by atoms with Crippen molar-refractivity contribution in [3.05, 3.63) is 180 Å². The van der Waals surface area contributed by atoms with Crippen molar-refractivity contribution in [2.24, 2.45) is 0 Å². The van der Waals surface area contributed by atoms with Crippen LogP contribution in [0.1, 0.15) is 68.2 Å². The highest BCUT2D eigenvalue weighted by atomic mass is 16.3. The Balaban J connectivity index is 0.956. The molecule has 9 aromatic rings. The highest BCUT2D eigenvalue weighted by molar-refractivity contribution is 6.07. The zero-order valence-electron chi connectivity index (χ0n) is 32.8. The highest BCUT2D eigenvalue weighted by Gasteiger charge is 2.46. The van der Waals surface area contributed by atoms with Crippen molar-refractivity contribution in [2.45, 2.75) is 56.8 Å².